The lowest BCUT2D eigenvalue weighted by molar-refractivity contribution is -0.143. The average Bonchev–Trinajstić information content (AvgIpc) is 3.10. The standard InChI is InChI=1S/C21H13F6N3O2.C2H6/c1-11-2-3-29-18-17(11)14(6-13(8-28)19(31)32)10-30(18)9-12-4-15(20(22,23)24)7-16(5-12)21(25,26)27;1-2/h2-7,10H,9H2,1H3,(H,31,32);1-2H3/b13-6+;. The summed E-state index contributed by atoms with van der Waals surface area (Å²) in [7, 11) is 0. The third-order valence-corrected chi connectivity index (χ3v) is 4.65. The van der Waals surface area contributed by atoms with Crippen molar-refractivity contribution in [2.24, 2.45) is 0 Å². The number of nitriles is 1. The first kappa shape index (κ1) is 26.4. The summed E-state index contributed by atoms with van der Waals surface area (Å²) in [6.45, 7) is 5.27. The Morgan fingerprint density at radius 1 is 1.12 bits per heavy atom. The van der Waals surface area contributed by atoms with Crippen LogP contribution in [-0.2, 0) is 23.7 Å². The van der Waals surface area contributed by atoms with Gasteiger partial charge in [-0.25, -0.2) is 9.78 Å². The molecule has 0 aliphatic carbocycles. The fourth-order valence-corrected chi connectivity index (χ4v) is 3.25. The van der Waals surface area contributed by atoms with Crippen LogP contribution < -0.4 is 0 Å². The zero-order valence-corrected chi connectivity index (χ0v) is 18.2. The van der Waals surface area contributed by atoms with Crippen LogP contribution in [0.3, 0.4) is 0 Å². The highest BCUT2D eigenvalue weighted by Crippen LogP contribution is 2.37. The number of carboxylic acid groups (broad SMARTS) is 1. The minimum atomic E-state index is -4.99. The molecule has 0 bridgehead atoms. The summed E-state index contributed by atoms with van der Waals surface area (Å²) < 4.78 is 80.3. The van der Waals surface area contributed by atoms with E-state index >= 15 is 0 Å². The zero-order chi connectivity index (χ0) is 25.8. The molecule has 2 aromatic heterocycles. The van der Waals surface area contributed by atoms with Gasteiger partial charge in [0.15, 0.2) is 0 Å². The molecule has 1 N–H and O–H groups in total. The SMILES string of the molecule is CC.Cc1ccnc2c1c(/C=C(\C#N)C(=O)O)cn2Cc1cc(C(F)(F)F)cc(C(F)(F)F)c1. The molecule has 180 valence electrons. The van der Waals surface area contributed by atoms with Crippen molar-refractivity contribution in [2.45, 2.75) is 39.7 Å². The predicted molar refractivity (Wildman–Crippen MR) is 113 cm³/mol. The van der Waals surface area contributed by atoms with Gasteiger partial charge >= 0.3 is 18.3 Å². The van der Waals surface area contributed by atoms with Crippen molar-refractivity contribution in [1.29, 1.82) is 5.26 Å². The summed E-state index contributed by atoms with van der Waals surface area (Å²) >= 11 is 0. The van der Waals surface area contributed by atoms with Crippen molar-refractivity contribution in [1.82, 2.24) is 9.55 Å². The van der Waals surface area contributed by atoms with Gasteiger partial charge in [-0.1, -0.05) is 13.8 Å². The highest BCUT2D eigenvalue weighted by Gasteiger charge is 2.37. The van der Waals surface area contributed by atoms with E-state index in [9.17, 15) is 31.1 Å². The molecular weight excluding hydrogens is 464 g/mol. The fraction of sp³-hybridized carbons (Fsp3) is 0.261. The lowest BCUT2D eigenvalue weighted by Crippen LogP contribution is -2.12. The van der Waals surface area contributed by atoms with Crippen LogP contribution in [0.25, 0.3) is 17.1 Å². The maximum Gasteiger partial charge on any atom is 0.416 e. The van der Waals surface area contributed by atoms with Gasteiger partial charge in [-0.05, 0) is 48.4 Å². The van der Waals surface area contributed by atoms with Crippen molar-refractivity contribution < 1.29 is 36.2 Å². The summed E-state index contributed by atoms with van der Waals surface area (Å²) in [4.78, 5) is 15.3. The maximum atomic E-state index is 13.2. The van der Waals surface area contributed by atoms with Gasteiger partial charge in [-0.2, -0.15) is 31.6 Å². The Morgan fingerprint density at radius 2 is 1.68 bits per heavy atom. The molecule has 1 aromatic carbocycles. The van der Waals surface area contributed by atoms with E-state index in [-0.39, 0.29) is 22.8 Å². The van der Waals surface area contributed by atoms with Crippen molar-refractivity contribution in [3.63, 3.8) is 0 Å². The fourth-order valence-electron chi connectivity index (χ4n) is 3.25. The van der Waals surface area contributed by atoms with E-state index in [1.807, 2.05) is 13.8 Å². The van der Waals surface area contributed by atoms with Gasteiger partial charge in [-0.3, -0.25) is 0 Å². The number of nitrogens with zero attached hydrogens (tertiary/aromatic N) is 3. The van der Waals surface area contributed by atoms with E-state index in [2.05, 4.69) is 4.98 Å². The molecule has 11 heteroatoms. The number of benzene rings is 1. The maximum absolute atomic E-state index is 13.2. The molecule has 5 nitrogen and oxygen atoms in total. The van der Waals surface area contributed by atoms with Gasteiger partial charge in [0.25, 0.3) is 0 Å². The van der Waals surface area contributed by atoms with E-state index in [1.165, 1.54) is 23.0 Å². The molecule has 0 aliphatic rings. The Labute approximate surface area is 190 Å². The number of aromatic nitrogens is 2. The van der Waals surface area contributed by atoms with Gasteiger partial charge in [-0.15, -0.1) is 0 Å². The lowest BCUT2D eigenvalue weighted by atomic mass is 10.0. The second kappa shape index (κ2) is 9.99. The van der Waals surface area contributed by atoms with Crippen LogP contribution >= 0.6 is 0 Å². The smallest absolute Gasteiger partial charge is 0.416 e. The second-order valence-corrected chi connectivity index (χ2v) is 6.93. The van der Waals surface area contributed by atoms with Crippen molar-refractivity contribution in [3.8, 4) is 6.07 Å². The number of aryl methyl sites for hydroxylation is 1. The van der Waals surface area contributed by atoms with Crippen LogP contribution in [-0.4, -0.2) is 20.6 Å². The van der Waals surface area contributed by atoms with Crippen LogP contribution in [0.5, 0.6) is 0 Å². The molecule has 0 spiro atoms. The lowest BCUT2D eigenvalue weighted by Gasteiger charge is -2.15. The molecule has 0 atom stereocenters. The molecule has 0 radical (unpaired) electrons. The molecule has 0 amide bonds. The number of aliphatic carboxylic acids is 1. The first-order valence-corrected chi connectivity index (χ1v) is 9.89. The van der Waals surface area contributed by atoms with Crippen LogP contribution in [0, 0.1) is 18.3 Å². The summed E-state index contributed by atoms with van der Waals surface area (Å²) in [5.74, 6) is -1.48. The Bertz CT molecular complexity index is 1250. The molecule has 0 unspecified atom stereocenters. The first-order chi connectivity index (χ1) is 15.8. The van der Waals surface area contributed by atoms with E-state index in [0.717, 1.165) is 6.08 Å². The van der Waals surface area contributed by atoms with Crippen LogP contribution in [0.4, 0.5) is 26.3 Å². The minimum absolute atomic E-state index is 0.0416. The monoisotopic (exact) mass is 483 g/mol. The van der Waals surface area contributed by atoms with Crippen LogP contribution in [0.1, 0.15) is 41.7 Å². The zero-order valence-electron chi connectivity index (χ0n) is 18.2. The van der Waals surface area contributed by atoms with E-state index in [4.69, 9.17) is 10.4 Å². The summed E-state index contributed by atoms with van der Waals surface area (Å²) in [5.41, 5.74) is -2.67. The normalized spacial score (nSPS) is 12.2. The third-order valence-electron chi connectivity index (χ3n) is 4.65. The molecule has 34 heavy (non-hydrogen) atoms. The first-order valence-electron chi connectivity index (χ1n) is 9.89. The molecule has 0 saturated carbocycles. The van der Waals surface area contributed by atoms with Crippen molar-refractivity contribution in [3.05, 3.63) is 70.0 Å². The van der Waals surface area contributed by atoms with E-state index in [0.29, 0.717) is 23.1 Å². The second-order valence-electron chi connectivity index (χ2n) is 6.93. The highest BCUT2D eigenvalue weighted by atomic mass is 19.4. The highest BCUT2D eigenvalue weighted by molar-refractivity contribution is 6.00. The van der Waals surface area contributed by atoms with Crippen molar-refractivity contribution in [2.75, 3.05) is 0 Å². The number of rotatable bonds is 4. The largest absolute Gasteiger partial charge is 0.477 e. The average molecular weight is 483 g/mol. The molecule has 3 aromatic rings. The van der Waals surface area contributed by atoms with Gasteiger partial charge in [0.05, 0.1) is 11.1 Å². The molecule has 0 fully saturated rings. The van der Waals surface area contributed by atoms with Crippen LogP contribution in [0.15, 0.2) is 42.2 Å². The molecule has 0 saturated heterocycles. The number of carbonyl (C=O) groups is 1. The van der Waals surface area contributed by atoms with Crippen LogP contribution in [0.2, 0.25) is 0 Å². The number of pyridine rings is 1. The van der Waals surface area contributed by atoms with Gasteiger partial charge in [0, 0.05) is 29.9 Å². The summed E-state index contributed by atoms with van der Waals surface area (Å²) in [6, 6.07) is 4.40. The number of halogens is 6. The molecule has 3 rings (SSSR count). The van der Waals surface area contributed by atoms with Gasteiger partial charge in [0.1, 0.15) is 17.3 Å². The summed E-state index contributed by atoms with van der Waals surface area (Å²) in [5, 5.41) is 18.5. The number of carboxylic acids is 1. The number of fused-ring (bicyclic) bond motifs is 1. The molecular formula is C23H19F6N3O2. The quantitative estimate of drug-likeness (QED) is 0.263. The van der Waals surface area contributed by atoms with Crippen molar-refractivity contribution >= 4 is 23.1 Å². The number of hydrogen-bond donors (Lipinski definition) is 1. The van der Waals surface area contributed by atoms with E-state index < -0.39 is 41.6 Å². The minimum Gasteiger partial charge on any atom is -0.477 e. The molecule has 2 heterocycles. The molecule has 0 aliphatic heterocycles. The Kier molecular flexibility index (Phi) is 7.77. The van der Waals surface area contributed by atoms with Gasteiger partial charge in [0.2, 0.25) is 0 Å². The van der Waals surface area contributed by atoms with E-state index in [1.54, 1.807) is 13.0 Å². The predicted octanol–water partition coefficient (Wildman–Crippen LogP) is 6.45. The summed E-state index contributed by atoms with van der Waals surface area (Å²) in [6.07, 6.45) is -6.17. The Morgan fingerprint density at radius 3 is 2.15 bits per heavy atom. The topological polar surface area (TPSA) is 78.9 Å². The number of hydrogen-bond acceptors (Lipinski definition) is 3. The Hall–Kier alpha value is -3.81. The van der Waals surface area contributed by atoms with Gasteiger partial charge < -0.3 is 9.67 Å². The Balaban J connectivity index is 0.00000199. The third kappa shape index (κ3) is 5.75. The number of alkyl halides is 6.